The summed E-state index contributed by atoms with van der Waals surface area (Å²) in [5.74, 6) is 0.693. The molecule has 19 heavy (non-hydrogen) atoms. The summed E-state index contributed by atoms with van der Waals surface area (Å²) in [7, 11) is -1.72. The maximum absolute atomic E-state index is 6.40. The number of aryl methyl sites for hydroxylation is 1. The molecule has 0 aromatic carbocycles. The topological polar surface area (TPSA) is 61.0 Å². The standard InChI is InChI=1S/C13H24ClN3OSi/c1-5-19(6-2,7-3)18-12(8-15)13-11(14)9-16-10(4)17-13/h9,12H,5-8,15H2,1-4H3. The second-order valence-corrected chi connectivity index (χ2v) is 9.87. The third-order valence-electron chi connectivity index (χ3n) is 3.74. The van der Waals surface area contributed by atoms with Gasteiger partial charge in [-0.15, -0.1) is 0 Å². The summed E-state index contributed by atoms with van der Waals surface area (Å²) >= 11 is 6.18. The predicted octanol–water partition coefficient (Wildman–Crippen LogP) is 3.46. The van der Waals surface area contributed by atoms with E-state index in [4.69, 9.17) is 21.8 Å². The van der Waals surface area contributed by atoms with E-state index in [1.54, 1.807) is 6.20 Å². The lowest BCUT2D eigenvalue weighted by atomic mass is 10.2. The lowest BCUT2D eigenvalue weighted by Gasteiger charge is -2.32. The number of hydrogen-bond acceptors (Lipinski definition) is 4. The van der Waals surface area contributed by atoms with E-state index in [9.17, 15) is 0 Å². The Morgan fingerprint density at radius 3 is 2.37 bits per heavy atom. The van der Waals surface area contributed by atoms with Crippen molar-refractivity contribution in [3.63, 3.8) is 0 Å². The van der Waals surface area contributed by atoms with Crippen molar-refractivity contribution in [1.82, 2.24) is 9.97 Å². The van der Waals surface area contributed by atoms with Crippen LogP contribution in [0.2, 0.25) is 23.2 Å². The number of nitrogens with zero attached hydrogens (tertiary/aromatic N) is 2. The maximum Gasteiger partial charge on any atom is 0.193 e. The van der Waals surface area contributed by atoms with E-state index in [-0.39, 0.29) is 6.10 Å². The molecule has 0 radical (unpaired) electrons. The van der Waals surface area contributed by atoms with Gasteiger partial charge >= 0.3 is 0 Å². The van der Waals surface area contributed by atoms with Crippen LogP contribution in [0.1, 0.15) is 38.4 Å². The first kappa shape index (κ1) is 16.6. The Labute approximate surface area is 121 Å². The number of hydrogen-bond donors (Lipinski definition) is 1. The molecular formula is C13H24ClN3OSi. The fourth-order valence-electron chi connectivity index (χ4n) is 2.22. The molecule has 6 heteroatoms. The van der Waals surface area contributed by atoms with Gasteiger partial charge in [0.2, 0.25) is 0 Å². The third kappa shape index (κ3) is 3.98. The van der Waals surface area contributed by atoms with Gasteiger partial charge in [0.25, 0.3) is 0 Å². The minimum atomic E-state index is -1.72. The summed E-state index contributed by atoms with van der Waals surface area (Å²) in [5.41, 5.74) is 6.60. The number of halogens is 1. The van der Waals surface area contributed by atoms with Gasteiger partial charge in [0.1, 0.15) is 11.9 Å². The zero-order valence-corrected chi connectivity index (χ0v) is 14.0. The fourth-order valence-corrected chi connectivity index (χ4v) is 5.24. The van der Waals surface area contributed by atoms with Gasteiger partial charge in [-0.2, -0.15) is 0 Å². The molecule has 2 N–H and O–H groups in total. The quantitative estimate of drug-likeness (QED) is 0.784. The summed E-state index contributed by atoms with van der Waals surface area (Å²) in [5, 5.41) is 0.534. The normalized spacial score (nSPS) is 13.6. The van der Waals surface area contributed by atoms with Crippen molar-refractivity contribution in [3.05, 3.63) is 22.7 Å². The van der Waals surface area contributed by atoms with Crippen LogP contribution in [0.4, 0.5) is 0 Å². The van der Waals surface area contributed by atoms with E-state index in [2.05, 4.69) is 30.7 Å². The van der Waals surface area contributed by atoms with Crippen LogP contribution >= 0.6 is 11.6 Å². The molecule has 0 aliphatic heterocycles. The first-order chi connectivity index (χ1) is 9.01. The summed E-state index contributed by atoms with van der Waals surface area (Å²) < 4.78 is 6.40. The zero-order valence-electron chi connectivity index (χ0n) is 12.2. The highest BCUT2D eigenvalue weighted by Gasteiger charge is 2.33. The lowest BCUT2D eigenvalue weighted by Crippen LogP contribution is -2.39. The molecule has 0 amide bonds. The van der Waals surface area contributed by atoms with E-state index < -0.39 is 8.32 Å². The Kier molecular flexibility index (Phi) is 6.39. The first-order valence-electron chi connectivity index (χ1n) is 6.88. The Morgan fingerprint density at radius 2 is 1.89 bits per heavy atom. The Bertz CT molecular complexity index is 405. The molecule has 1 aromatic heterocycles. The maximum atomic E-state index is 6.40. The van der Waals surface area contributed by atoms with Gasteiger partial charge in [0.05, 0.1) is 10.7 Å². The van der Waals surface area contributed by atoms with Crippen molar-refractivity contribution in [3.8, 4) is 0 Å². The van der Waals surface area contributed by atoms with Crippen molar-refractivity contribution < 1.29 is 4.43 Å². The van der Waals surface area contributed by atoms with Crippen LogP contribution in [0.5, 0.6) is 0 Å². The summed E-state index contributed by atoms with van der Waals surface area (Å²) in [4.78, 5) is 8.49. The van der Waals surface area contributed by atoms with Crippen molar-refractivity contribution in [2.45, 2.75) is 51.9 Å². The van der Waals surface area contributed by atoms with E-state index in [1.807, 2.05) is 6.92 Å². The van der Waals surface area contributed by atoms with Crippen molar-refractivity contribution in [1.29, 1.82) is 0 Å². The molecule has 0 fully saturated rings. The number of aromatic nitrogens is 2. The van der Waals surface area contributed by atoms with Crippen LogP contribution in [0.15, 0.2) is 6.20 Å². The van der Waals surface area contributed by atoms with Gasteiger partial charge < -0.3 is 10.2 Å². The Morgan fingerprint density at radius 1 is 1.32 bits per heavy atom. The predicted molar refractivity (Wildman–Crippen MR) is 81.9 cm³/mol. The van der Waals surface area contributed by atoms with Gasteiger partial charge in [-0.3, -0.25) is 0 Å². The van der Waals surface area contributed by atoms with Gasteiger partial charge in [-0.25, -0.2) is 9.97 Å². The van der Waals surface area contributed by atoms with E-state index in [0.29, 0.717) is 17.4 Å². The van der Waals surface area contributed by atoms with Crippen LogP contribution in [0.25, 0.3) is 0 Å². The molecule has 0 saturated carbocycles. The zero-order chi connectivity index (χ0) is 14.5. The molecule has 0 saturated heterocycles. The molecule has 108 valence electrons. The first-order valence-corrected chi connectivity index (χ1v) is 9.79. The molecule has 1 heterocycles. The molecule has 0 aliphatic carbocycles. The largest absolute Gasteiger partial charge is 0.407 e. The smallest absolute Gasteiger partial charge is 0.193 e. The molecule has 4 nitrogen and oxygen atoms in total. The lowest BCUT2D eigenvalue weighted by molar-refractivity contribution is 0.193. The van der Waals surface area contributed by atoms with Gasteiger partial charge in [0.15, 0.2) is 8.32 Å². The van der Waals surface area contributed by atoms with Crippen LogP contribution in [-0.4, -0.2) is 24.8 Å². The summed E-state index contributed by atoms with van der Waals surface area (Å²) in [6.45, 7) is 8.82. The molecule has 0 bridgehead atoms. The third-order valence-corrected chi connectivity index (χ3v) is 8.68. The van der Waals surface area contributed by atoms with Crippen molar-refractivity contribution >= 4 is 19.9 Å². The van der Waals surface area contributed by atoms with Gasteiger partial charge in [-0.05, 0) is 25.1 Å². The summed E-state index contributed by atoms with van der Waals surface area (Å²) in [6, 6.07) is 3.24. The average Bonchev–Trinajstić information content (AvgIpc) is 2.44. The van der Waals surface area contributed by atoms with Crippen molar-refractivity contribution in [2.24, 2.45) is 5.73 Å². The van der Waals surface area contributed by atoms with Crippen LogP contribution in [0.3, 0.4) is 0 Å². The second kappa shape index (κ2) is 7.33. The van der Waals surface area contributed by atoms with E-state index in [1.165, 1.54) is 0 Å². The Balaban J connectivity index is 3.03. The molecular weight excluding hydrogens is 278 g/mol. The highest BCUT2D eigenvalue weighted by molar-refractivity contribution is 6.73. The van der Waals surface area contributed by atoms with Crippen LogP contribution in [0, 0.1) is 6.92 Å². The van der Waals surface area contributed by atoms with Crippen LogP contribution in [-0.2, 0) is 4.43 Å². The Hall–Kier alpha value is -0.493. The number of nitrogens with two attached hydrogens (primary N) is 1. The van der Waals surface area contributed by atoms with Crippen molar-refractivity contribution in [2.75, 3.05) is 6.54 Å². The minimum absolute atomic E-state index is 0.222. The monoisotopic (exact) mass is 301 g/mol. The van der Waals surface area contributed by atoms with E-state index >= 15 is 0 Å². The van der Waals surface area contributed by atoms with E-state index in [0.717, 1.165) is 23.8 Å². The SMILES string of the molecule is CC[Si](CC)(CC)OC(CN)c1nc(C)ncc1Cl. The molecule has 1 atom stereocenters. The van der Waals surface area contributed by atoms with Gasteiger partial charge in [0, 0.05) is 12.7 Å². The molecule has 0 aliphatic rings. The molecule has 1 aromatic rings. The second-order valence-electron chi connectivity index (χ2n) is 4.74. The minimum Gasteiger partial charge on any atom is -0.407 e. The molecule has 1 unspecified atom stereocenters. The number of rotatable bonds is 7. The average molecular weight is 302 g/mol. The molecule has 0 spiro atoms. The fraction of sp³-hybridized carbons (Fsp3) is 0.692. The highest BCUT2D eigenvalue weighted by Crippen LogP contribution is 2.31. The molecule has 1 rings (SSSR count). The van der Waals surface area contributed by atoms with Gasteiger partial charge in [-0.1, -0.05) is 32.4 Å². The van der Waals surface area contributed by atoms with Crippen LogP contribution < -0.4 is 5.73 Å². The highest BCUT2D eigenvalue weighted by atomic mass is 35.5. The summed E-state index contributed by atoms with van der Waals surface area (Å²) in [6.07, 6.45) is 1.40.